The lowest BCUT2D eigenvalue weighted by Gasteiger charge is -2.11. The molecule has 0 aliphatic carbocycles. The third-order valence-corrected chi connectivity index (χ3v) is 3.09. The highest BCUT2D eigenvalue weighted by atomic mass is 16.3. The maximum atomic E-state index is 12.0. The van der Waals surface area contributed by atoms with Crippen molar-refractivity contribution in [1.82, 2.24) is 0 Å². The Balaban J connectivity index is 2.13. The zero-order valence-corrected chi connectivity index (χ0v) is 11.9. The summed E-state index contributed by atoms with van der Waals surface area (Å²) in [5, 5.41) is 18.6. The van der Waals surface area contributed by atoms with Crippen LogP contribution >= 0.6 is 0 Å². The molecule has 0 atom stereocenters. The summed E-state index contributed by atoms with van der Waals surface area (Å²) in [6, 6.07) is 11.7. The number of rotatable bonds is 4. The van der Waals surface area contributed by atoms with Gasteiger partial charge in [0.1, 0.15) is 0 Å². The molecule has 0 aromatic heterocycles. The van der Waals surface area contributed by atoms with Crippen LogP contribution in [0.1, 0.15) is 15.9 Å². The molecular weight excluding hydrogens is 266 g/mol. The number of ketones is 1. The van der Waals surface area contributed by atoms with Gasteiger partial charge in [-0.25, -0.2) is 0 Å². The van der Waals surface area contributed by atoms with E-state index in [1.54, 1.807) is 24.3 Å². The van der Waals surface area contributed by atoms with Crippen molar-refractivity contribution in [2.75, 3.05) is 19.0 Å². The minimum absolute atomic E-state index is 0.118. The lowest BCUT2D eigenvalue weighted by Crippen LogP contribution is -2.08. The molecule has 0 spiro atoms. The van der Waals surface area contributed by atoms with Gasteiger partial charge < -0.3 is 15.1 Å². The number of phenols is 2. The second kappa shape index (κ2) is 6.13. The molecule has 0 unspecified atom stereocenters. The standard InChI is InChI=1S/C17H17NO3/c1-18(2)14-7-5-13(6-8-14)15(19)9-3-12-4-10-16(20)17(21)11-12/h3-11,20-21H,1-2H3. The van der Waals surface area contributed by atoms with Crippen LogP contribution in [0.4, 0.5) is 5.69 Å². The molecule has 2 rings (SSSR count). The van der Waals surface area contributed by atoms with Crippen molar-refractivity contribution in [1.29, 1.82) is 0 Å². The van der Waals surface area contributed by atoms with E-state index in [1.807, 2.05) is 31.1 Å². The fourth-order valence-electron chi connectivity index (χ4n) is 1.84. The Hall–Kier alpha value is -2.75. The van der Waals surface area contributed by atoms with E-state index in [9.17, 15) is 15.0 Å². The zero-order valence-electron chi connectivity index (χ0n) is 11.9. The van der Waals surface area contributed by atoms with Gasteiger partial charge in [-0.1, -0.05) is 12.1 Å². The highest BCUT2D eigenvalue weighted by molar-refractivity contribution is 6.07. The Labute approximate surface area is 123 Å². The summed E-state index contributed by atoms with van der Waals surface area (Å²) >= 11 is 0. The summed E-state index contributed by atoms with van der Waals surface area (Å²) in [7, 11) is 3.88. The second-order valence-corrected chi connectivity index (χ2v) is 4.89. The normalized spacial score (nSPS) is 10.8. The molecule has 0 aliphatic rings. The first kappa shape index (κ1) is 14.7. The topological polar surface area (TPSA) is 60.8 Å². The van der Waals surface area contributed by atoms with Crippen LogP contribution < -0.4 is 4.90 Å². The van der Waals surface area contributed by atoms with Gasteiger partial charge in [0.15, 0.2) is 17.3 Å². The van der Waals surface area contributed by atoms with E-state index < -0.39 is 0 Å². The first-order chi connectivity index (χ1) is 9.97. The maximum Gasteiger partial charge on any atom is 0.185 e. The third-order valence-electron chi connectivity index (χ3n) is 3.09. The van der Waals surface area contributed by atoms with Gasteiger partial charge in [0.25, 0.3) is 0 Å². The van der Waals surface area contributed by atoms with Crippen molar-refractivity contribution >= 4 is 17.5 Å². The third kappa shape index (κ3) is 3.63. The molecule has 0 aliphatic heterocycles. The van der Waals surface area contributed by atoms with Crippen LogP contribution in [0.15, 0.2) is 48.5 Å². The Bertz CT molecular complexity index is 673. The molecule has 108 valence electrons. The van der Waals surface area contributed by atoms with Gasteiger partial charge in [0, 0.05) is 25.3 Å². The summed E-state index contributed by atoms with van der Waals surface area (Å²) < 4.78 is 0. The molecule has 2 aromatic carbocycles. The van der Waals surface area contributed by atoms with E-state index in [4.69, 9.17) is 0 Å². The van der Waals surface area contributed by atoms with Gasteiger partial charge in [-0.15, -0.1) is 0 Å². The van der Waals surface area contributed by atoms with Crippen LogP contribution in [0.3, 0.4) is 0 Å². The van der Waals surface area contributed by atoms with Crippen LogP contribution in [-0.2, 0) is 0 Å². The van der Waals surface area contributed by atoms with Crippen molar-refractivity contribution in [2.24, 2.45) is 0 Å². The van der Waals surface area contributed by atoms with E-state index in [0.717, 1.165) is 5.69 Å². The van der Waals surface area contributed by atoms with Gasteiger partial charge in [-0.2, -0.15) is 0 Å². The summed E-state index contributed by atoms with van der Waals surface area (Å²) in [6.45, 7) is 0. The fraction of sp³-hybridized carbons (Fsp3) is 0.118. The highest BCUT2D eigenvalue weighted by Crippen LogP contribution is 2.25. The molecule has 4 nitrogen and oxygen atoms in total. The van der Waals surface area contributed by atoms with Crippen LogP contribution in [-0.4, -0.2) is 30.1 Å². The number of hydrogen-bond acceptors (Lipinski definition) is 4. The number of anilines is 1. The molecule has 2 N–H and O–H groups in total. The lowest BCUT2D eigenvalue weighted by molar-refractivity contribution is 0.104. The van der Waals surface area contributed by atoms with E-state index in [2.05, 4.69) is 0 Å². The zero-order chi connectivity index (χ0) is 15.4. The summed E-state index contributed by atoms with van der Waals surface area (Å²) in [6.07, 6.45) is 3.04. The molecule has 0 radical (unpaired) electrons. The first-order valence-corrected chi connectivity index (χ1v) is 6.49. The molecule has 4 heteroatoms. The largest absolute Gasteiger partial charge is 0.504 e. The molecule has 0 amide bonds. The minimum Gasteiger partial charge on any atom is -0.504 e. The number of hydrogen-bond donors (Lipinski definition) is 2. The molecule has 2 aromatic rings. The number of carbonyl (C=O) groups excluding carboxylic acids is 1. The van der Waals surface area contributed by atoms with Gasteiger partial charge >= 0.3 is 0 Å². The van der Waals surface area contributed by atoms with Crippen molar-refractivity contribution in [3.63, 3.8) is 0 Å². The summed E-state index contributed by atoms with van der Waals surface area (Å²) in [5.74, 6) is -0.509. The molecule has 0 fully saturated rings. The Morgan fingerprint density at radius 3 is 2.24 bits per heavy atom. The molecule has 0 saturated heterocycles. The molecule has 21 heavy (non-hydrogen) atoms. The maximum absolute atomic E-state index is 12.0. The van der Waals surface area contributed by atoms with E-state index in [0.29, 0.717) is 11.1 Å². The Morgan fingerprint density at radius 1 is 1.00 bits per heavy atom. The van der Waals surface area contributed by atoms with E-state index in [-0.39, 0.29) is 17.3 Å². The SMILES string of the molecule is CN(C)c1ccc(C(=O)C=Cc2ccc(O)c(O)c2)cc1. The average Bonchev–Trinajstić information content (AvgIpc) is 2.48. The van der Waals surface area contributed by atoms with Crippen LogP contribution in [0.5, 0.6) is 11.5 Å². The van der Waals surface area contributed by atoms with Crippen LogP contribution in [0.25, 0.3) is 6.08 Å². The monoisotopic (exact) mass is 283 g/mol. The van der Waals surface area contributed by atoms with E-state index in [1.165, 1.54) is 18.2 Å². The Morgan fingerprint density at radius 2 is 1.67 bits per heavy atom. The first-order valence-electron chi connectivity index (χ1n) is 6.49. The number of carbonyl (C=O) groups is 1. The number of benzene rings is 2. The molecule has 0 saturated carbocycles. The molecule has 0 heterocycles. The van der Waals surface area contributed by atoms with Crippen molar-refractivity contribution < 1.29 is 15.0 Å². The van der Waals surface area contributed by atoms with Gasteiger partial charge in [0.05, 0.1) is 0 Å². The van der Waals surface area contributed by atoms with Crippen molar-refractivity contribution in [3.8, 4) is 11.5 Å². The lowest BCUT2D eigenvalue weighted by atomic mass is 10.1. The van der Waals surface area contributed by atoms with Gasteiger partial charge in [0.2, 0.25) is 0 Å². The van der Waals surface area contributed by atoms with Gasteiger partial charge in [-0.05, 0) is 48.0 Å². The molecular formula is C17H17NO3. The predicted octanol–water partition coefficient (Wildman–Crippen LogP) is 3.06. The van der Waals surface area contributed by atoms with Crippen molar-refractivity contribution in [3.05, 3.63) is 59.7 Å². The summed E-state index contributed by atoms with van der Waals surface area (Å²) in [5.41, 5.74) is 2.27. The number of phenolic OH excluding ortho intramolecular Hbond substituents is 2. The Kier molecular flexibility index (Phi) is 4.28. The van der Waals surface area contributed by atoms with E-state index >= 15 is 0 Å². The van der Waals surface area contributed by atoms with Crippen LogP contribution in [0.2, 0.25) is 0 Å². The summed E-state index contributed by atoms with van der Waals surface area (Å²) in [4.78, 5) is 14.0. The fourth-order valence-corrected chi connectivity index (χ4v) is 1.84. The highest BCUT2D eigenvalue weighted by Gasteiger charge is 2.03. The van der Waals surface area contributed by atoms with Crippen molar-refractivity contribution in [2.45, 2.75) is 0 Å². The predicted molar refractivity (Wildman–Crippen MR) is 83.9 cm³/mol. The number of allylic oxidation sites excluding steroid dienone is 1. The average molecular weight is 283 g/mol. The van der Waals surface area contributed by atoms with Gasteiger partial charge in [-0.3, -0.25) is 4.79 Å². The number of aromatic hydroxyl groups is 2. The molecule has 0 bridgehead atoms. The number of nitrogens with zero attached hydrogens (tertiary/aromatic N) is 1. The van der Waals surface area contributed by atoms with Crippen LogP contribution in [0, 0.1) is 0 Å². The second-order valence-electron chi connectivity index (χ2n) is 4.89. The quantitative estimate of drug-likeness (QED) is 0.514. The minimum atomic E-state index is -0.208. The smallest absolute Gasteiger partial charge is 0.185 e.